The van der Waals surface area contributed by atoms with Crippen LogP contribution in [0.15, 0.2) is 24.3 Å². The third-order valence-corrected chi connectivity index (χ3v) is 9.61. The lowest BCUT2D eigenvalue weighted by atomic mass is 10.1. The van der Waals surface area contributed by atoms with Gasteiger partial charge < -0.3 is 9.47 Å². The summed E-state index contributed by atoms with van der Waals surface area (Å²) in [6.45, 7) is 10.8. The van der Waals surface area contributed by atoms with Gasteiger partial charge in [0.1, 0.15) is 11.2 Å². The Morgan fingerprint density at radius 3 is 1.62 bits per heavy atom. The number of aromatic nitrogens is 2. The number of Topliss-reactive ketones (excluding diaryl/α,β-unsaturated/α-hetero) is 2. The molecule has 0 bridgehead atoms. The Labute approximate surface area is 299 Å². The maximum absolute atomic E-state index is 12.8. The fourth-order valence-electron chi connectivity index (χ4n) is 6.22. The van der Waals surface area contributed by atoms with E-state index < -0.39 is 23.4 Å². The molecule has 12 heteroatoms. The molecular formula is C36H38Cl4N2O6. The van der Waals surface area contributed by atoms with Gasteiger partial charge in [-0.3, -0.25) is 9.59 Å². The SMILES string of the molecule is CC(C)(C)OC(=O)n1c2c(c3c(Cl)c(Cl)ccc31)CCCCC2=O.CC(C)(C)OC(=O)n1c2c(c3cc(Cl)c(Cl)cc31)CCCCC2=O. The van der Waals surface area contributed by atoms with E-state index in [9.17, 15) is 19.2 Å². The zero-order chi connectivity index (χ0) is 35.3. The van der Waals surface area contributed by atoms with Gasteiger partial charge >= 0.3 is 12.2 Å². The Balaban J connectivity index is 0.000000188. The quantitative estimate of drug-likeness (QED) is 0.167. The Morgan fingerprint density at radius 2 is 1.08 bits per heavy atom. The molecule has 2 aromatic carbocycles. The van der Waals surface area contributed by atoms with Crippen molar-refractivity contribution in [1.82, 2.24) is 9.13 Å². The van der Waals surface area contributed by atoms with Gasteiger partial charge in [0.25, 0.3) is 0 Å². The molecule has 0 amide bonds. The summed E-state index contributed by atoms with van der Waals surface area (Å²) in [7, 11) is 0. The zero-order valence-electron chi connectivity index (χ0n) is 27.8. The number of nitrogens with zero attached hydrogens (tertiary/aromatic N) is 2. The first-order valence-corrected chi connectivity index (χ1v) is 17.5. The second-order valence-corrected chi connectivity index (χ2v) is 15.7. The highest BCUT2D eigenvalue weighted by Crippen LogP contribution is 2.40. The molecule has 2 heterocycles. The number of carbonyl (C=O) groups is 4. The van der Waals surface area contributed by atoms with Gasteiger partial charge in [-0.15, -0.1) is 0 Å². The molecule has 2 aliphatic carbocycles. The second kappa shape index (κ2) is 13.7. The van der Waals surface area contributed by atoms with E-state index in [1.807, 2.05) is 0 Å². The van der Waals surface area contributed by atoms with Crippen LogP contribution in [0.25, 0.3) is 21.8 Å². The second-order valence-electron chi connectivity index (χ2n) is 14.1. The number of rotatable bonds is 0. The average Bonchev–Trinajstić information content (AvgIpc) is 3.30. The summed E-state index contributed by atoms with van der Waals surface area (Å²) in [5.74, 6) is -0.103. The summed E-state index contributed by atoms with van der Waals surface area (Å²) in [5, 5.41) is 3.01. The van der Waals surface area contributed by atoms with Gasteiger partial charge in [-0.05, 0) is 115 Å². The van der Waals surface area contributed by atoms with E-state index in [0.29, 0.717) is 67.2 Å². The fraction of sp³-hybridized carbons (Fsp3) is 0.444. The Morgan fingerprint density at radius 1 is 0.625 bits per heavy atom. The standard InChI is InChI=1S/2C18H19Cl2NO3/c1-18(2,3)24-17(23)21-14-9-13(20)12(19)8-11(14)10-6-4-5-7-15(22)16(10)21;1-18(2,3)24-17(23)21-12-9-8-11(19)15(20)14(12)10-6-4-5-7-13(22)16(10)21/h2*8-9H,4-7H2,1-3H3. The van der Waals surface area contributed by atoms with Crippen molar-refractivity contribution in [3.8, 4) is 0 Å². The third kappa shape index (κ3) is 7.28. The van der Waals surface area contributed by atoms with Crippen LogP contribution in [0.1, 0.15) is 112 Å². The van der Waals surface area contributed by atoms with Crippen LogP contribution in [0.4, 0.5) is 9.59 Å². The van der Waals surface area contributed by atoms with Gasteiger partial charge in [-0.1, -0.05) is 46.4 Å². The highest BCUT2D eigenvalue weighted by atomic mass is 35.5. The first kappa shape index (κ1) is 36.2. The molecule has 6 rings (SSSR count). The smallest absolute Gasteiger partial charge is 0.419 e. The number of carbonyl (C=O) groups excluding carboxylic acids is 4. The van der Waals surface area contributed by atoms with E-state index in [1.165, 1.54) is 9.13 Å². The monoisotopic (exact) mass is 734 g/mol. The Bertz CT molecular complexity index is 1950. The van der Waals surface area contributed by atoms with E-state index in [1.54, 1.807) is 65.8 Å². The summed E-state index contributed by atoms with van der Waals surface area (Å²) in [6.07, 6.45) is 4.49. The summed E-state index contributed by atoms with van der Waals surface area (Å²) in [4.78, 5) is 50.8. The molecule has 0 unspecified atom stereocenters. The van der Waals surface area contributed by atoms with Crippen LogP contribution in [0.2, 0.25) is 20.1 Å². The number of hydrogen-bond acceptors (Lipinski definition) is 6. The summed E-state index contributed by atoms with van der Waals surface area (Å²) in [5.41, 5.74) is 2.27. The van der Waals surface area contributed by atoms with Crippen molar-refractivity contribution in [2.45, 2.75) is 104 Å². The number of fused-ring (bicyclic) bond motifs is 6. The number of halogens is 4. The number of ketones is 2. The van der Waals surface area contributed by atoms with Crippen molar-refractivity contribution in [2.24, 2.45) is 0 Å². The normalized spacial score (nSPS) is 15.3. The number of ether oxygens (including phenoxy) is 2. The number of hydrogen-bond donors (Lipinski definition) is 0. The largest absolute Gasteiger partial charge is 0.443 e. The first-order chi connectivity index (χ1) is 22.4. The molecule has 8 nitrogen and oxygen atoms in total. The van der Waals surface area contributed by atoms with Gasteiger partial charge in [0.15, 0.2) is 11.6 Å². The maximum atomic E-state index is 12.8. The van der Waals surface area contributed by atoms with Crippen LogP contribution in [0.5, 0.6) is 0 Å². The minimum atomic E-state index is -0.662. The van der Waals surface area contributed by atoms with Crippen LogP contribution in [0.3, 0.4) is 0 Å². The van der Waals surface area contributed by atoms with Crippen molar-refractivity contribution in [3.63, 3.8) is 0 Å². The molecule has 0 fully saturated rings. The maximum Gasteiger partial charge on any atom is 0.419 e. The first-order valence-electron chi connectivity index (χ1n) is 16.0. The lowest BCUT2D eigenvalue weighted by Crippen LogP contribution is -2.29. The molecule has 0 atom stereocenters. The van der Waals surface area contributed by atoms with E-state index in [4.69, 9.17) is 55.9 Å². The summed E-state index contributed by atoms with van der Waals surface area (Å²) >= 11 is 24.9. The molecule has 2 aliphatic rings. The number of benzene rings is 2. The van der Waals surface area contributed by atoms with E-state index in [2.05, 4.69) is 0 Å². The van der Waals surface area contributed by atoms with Crippen LogP contribution >= 0.6 is 46.4 Å². The average molecular weight is 737 g/mol. The molecule has 48 heavy (non-hydrogen) atoms. The topological polar surface area (TPSA) is 96.6 Å². The molecule has 2 aromatic heterocycles. The highest BCUT2D eigenvalue weighted by molar-refractivity contribution is 6.45. The minimum absolute atomic E-state index is 0.0446. The van der Waals surface area contributed by atoms with Crippen LogP contribution in [0, 0.1) is 0 Å². The van der Waals surface area contributed by atoms with Crippen LogP contribution < -0.4 is 0 Å². The van der Waals surface area contributed by atoms with Gasteiger partial charge in [0, 0.05) is 23.6 Å². The van der Waals surface area contributed by atoms with E-state index in [0.717, 1.165) is 48.6 Å². The Hall–Kier alpha value is -3.04. The predicted octanol–water partition coefficient (Wildman–Crippen LogP) is 11.3. The van der Waals surface area contributed by atoms with E-state index >= 15 is 0 Å². The van der Waals surface area contributed by atoms with Crippen molar-refractivity contribution in [2.75, 3.05) is 0 Å². The molecule has 0 saturated heterocycles. The predicted molar refractivity (Wildman–Crippen MR) is 191 cm³/mol. The van der Waals surface area contributed by atoms with Crippen molar-refractivity contribution in [3.05, 3.63) is 66.9 Å². The zero-order valence-corrected chi connectivity index (χ0v) is 30.8. The van der Waals surface area contributed by atoms with Crippen molar-refractivity contribution in [1.29, 1.82) is 0 Å². The molecule has 0 aliphatic heterocycles. The van der Waals surface area contributed by atoms with Gasteiger partial charge in [-0.25, -0.2) is 18.7 Å². The van der Waals surface area contributed by atoms with Gasteiger partial charge in [0.05, 0.1) is 42.5 Å². The molecular weight excluding hydrogens is 698 g/mol. The molecule has 0 N–H and O–H groups in total. The van der Waals surface area contributed by atoms with Crippen molar-refractivity contribution < 1.29 is 28.7 Å². The molecule has 256 valence electrons. The lowest BCUT2D eigenvalue weighted by molar-refractivity contribution is 0.0526. The molecule has 0 spiro atoms. The molecule has 0 radical (unpaired) electrons. The van der Waals surface area contributed by atoms with Crippen LogP contribution in [-0.2, 0) is 22.3 Å². The Kier molecular flexibility index (Phi) is 10.3. The fourth-order valence-corrected chi connectivity index (χ4v) is 6.97. The van der Waals surface area contributed by atoms with Gasteiger partial charge in [0.2, 0.25) is 0 Å². The lowest BCUT2D eigenvalue weighted by Gasteiger charge is -2.21. The van der Waals surface area contributed by atoms with Gasteiger partial charge in [-0.2, -0.15) is 0 Å². The van der Waals surface area contributed by atoms with E-state index in [-0.39, 0.29) is 11.6 Å². The molecule has 0 saturated carbocycles. The highest BCUT2D eigenvalue weighted by Gasteiger charge is 2.32. The third-order valence-electron chi connectivity index (χ3n) is 8.08. The number of aryl methyl sites for hydroxylation is 2. The van der Waals surface area contributed by atoms with Crippen LogP contribution in [-0.4, -0.2) is 44.1 Å². The minimum Gasteiger partial charge on any atom is -0.443 e. The molecule has 4 aromatic rings. The summed E-state index contributed by atoms with van der Waals surface area (Å²) in [6, 6.07) is 6.72. The van der Waals surface area contributed by atoms with Crippen molar-refractivity contribution >= 4 is 92.0 Å². The summed E-state index contributed by atoms with van der Waals surface area (Å²) < 4.78 is 13.8.